The second kappa shape index (κ2) is 12.7. The number of nitrogens with two attached hydrogens (primary N) is 1. The Morgan fingerprint density at radius 1 is 1.03 bits per heavy atom. The van der Waals surface area contributed by atoms with Gasteiger partial charge in [0.25, 0.3) is 0 Å². The number of hydrogen-bond acceptors (Lipinski definition) is 6. The van der Waals surface area contributed by atoms with Crippen LogP contribution < -0.4 is 26.4 Å². The lowest BCUT2D eigenvalue weighted by atomic mass is 9.81. The smallest absolute Gasteiger partial charge is 0.323 e. The molecular weight excluding hydrogens is 512 g/mol. The van der Waals surface area contributed by atoms with E-state index in [1.165, 1.54) is 0 Å². The molecule has 0 atom stereocenters. The van der Waals surface area contributed by atoms with Crippen molar-refractivity contribution in [2.75, 3.05) is 23.7 Å². The number of thiocarbonyl (C=S) groups is 1. The van der Waals surface area contributed by atoms with E-state index in [2.05, 4.69) is 20.9 Å². The molecule has 3 amide bonds. The third kappa shape index (κ3) is 8.49. The van der Waals surface area contributed by atoms with Gasteiger partial charge in [-0.05, 0) is 80.7 Å². The molecule has 1 aliphatic rings. The van der Waals surface area contributed by atoms with E-state index >= 15 is 0 Å². The van der Waals surface area contributed by atoms with Crippen molar-refractivity contribution in [2.45, 2.75) is 38.6 Å². The first-order chi connectivity index (χ1) is 18.7. The molecule has 2 aromatic carbocycles. The van der Waals surface area contributed by atoms with E-state index in [4.69, 9.17) is 22.7 Å². The van der Waals surface area contributed by atoms with Crippen LogP contribution in [0.5, 0.6) is 11.5 Å². The largest absolute Gasteiger partial charge is 0.457 e. The van der Waals surface area contributed by atoms with Gasteiger partial charge in [-0.15, -0.1) is 0 Å². The molecule has 0 bridgehead atoms. The van der Waals surface area contributed by atoms with Gasteiger partial charge in [0.2, 0.25) is 5.91 Å². The zero-order valence-electron chi connectivity index (χ0n) is 22.1. The number of anilines is 2. The van der Waals surface area contributed by atoms with Gasteiger partial charge in [0.15, 0.2) is 5.11 Å². The van der Waals surface area contributed by atoms with Gasteiger partial charge in [0.05, 0.1) is 6.42 Å². The highest BCUT2D eigenvalue weighted by Gasteiger charge is 2.30. The van der Waals surface area contributed by atoms with Crippen molar-refractivity contribution in [3.63, 3.8) is 0 Å². The van der Waals surface area contributed by atoms with Crippen LogP contribution in [0.15, 0.2) is 72.9 Å². The van der Waals surface area contributed by atoms with Gasteiger partial charge in [-0.25, -0.2) is 9.78 Å². The lowest BCUT2D eigenvalue weighted by Gasteiger charge is -2.38. The maximum Gasteiger partial charge on any atom is 0.323 e. The zero-order chi connectivity index (χ0) is 27.8. The van der Waals surface area contributed by atoms with E-state index in [0.29, 0.717) is 42.0 Å². The molecule has 10 heteroatoms. The number of ether oxygens (including phenoxy) is 1. The number of rotatable bonds is 7. The number of piperidine rings is 1. The summed E-state index contributed by atoms with van der Waals surface area (Å²) in [5.41, 5.74) is 7.61. The normalized spacial score (nSPS) is 13.9. The first kappa shape index (κ1) is 28.0. The van der Waals surface area contributed by atoms with E-state index < -0.39 is 0 Å². The topological polar surface area (TPSA) is 122 Å². The van der Waals surface area contributed by atoms with Crippen molar-refractivity contribution in [1.82, 2.24) is 15.2 Å². The summed E-state index contributed by atoms with van der Waals surface area (Å²) in [6.45, 7) is 5.40. The fraction of sp³-hybridized carbons (Fsp3) is 0.310. The number of carbonyl (C=O) groups is 2. The summed E-state index contributed by atoms with van der Waals surface area (Å²) in [4.78, 5) is 31.0. The Bertz CT molecular complexity index is 1290. The van der Waals surface area contributed by atoms with Crippen LogP contribution in [0, 0.1) is 5.92 Å². The Balaban J connectivity index is 1.25. The van der Waals surface area contributed by atoms with Crippen molar-refractivity contribution >= 4 is 40.8 Å². The van der Waals surface area contributed by atoms with Crippen LogP contribution in [-0.2, 0) is 11.2 Å². The summed E-state index contributed by atoms with van der Waals surface area (Å²) in [7, 11) is 0. The number of nitrogens with one attached hydrogen (secondary N) is 3. The lowest BCUT2D eigenvalue weighted by Crippen LogP contribution is -2.49. The van der Waals surface area contributed by atoms with Crippen molar-refractivity contribution < 1.29 is 14.3 Å². The highest BCUT2D eigenvalue weighted by molar-refractivity contribution is 7.80. The third-order valence-corrected chi connectivity index (χ3v) is 6.81. The van der Waals surface area contributed by atoms with Crippen LogP contribution in [0.3, 0.4) is 0 Å². The minimum atomic E-state index is -0.242. The van der Waals surface area contributed by atoms with Gasteiger partial charge in [-0.2, -0.15) is 0 Å². The van der Waals surface area contributed by atoms with E-state index in [9.17, 15) is 9.59 Å². The van der Waals surface area contributed by atoms with Crippen LogP contribution in [0.4, 0.5) is 16.3 Å². The Morgan fingerprint density at radius 3 is 2.38 bits per heavy atom. The molecule has 5 N–H and O–H groups in total. The van der Waals surface area contributed by atoms with E-state index in [1.54, 1.807) is 47.5 Å². The second-order valence-corrected chi connectivity index (χ2v) is 10.6. The van der Waals surface area contributed by atoms with E-state index in [-0.39, 0.29) is 29.0 Å². The van der Waals surface area contributed by atoms with Crippen LogP contribution in [0.25, 0.3) is 0 Å². The number of likely N-dealkylation sites (tertiary alicyclic amines) is 1. The Hall–Kier alpha value is -4.02. The van der Waals surface area contributed by atoms with Crippen molar-refractivity contribution in [2.24, 2.45) is 11.7 Å². The molecule has 3 aromatic rings. The molecule has 39 heavy (non-hydrogen) atoms. The molecule has 4 rings (SSSR count). The van der Waals surface area contributed by atoms with E-state index in [0.717, 1.165) is 18.4 Å². The maximum atomic E-state index is 12.7. The summed E-state index contributed by atoms with van der Waals surface area (Å²) in [6, 6.07) is 19.8. The average molecular weight is 547 g/mol. The second-order valence-electron chi connectivity index (χ2n) is 10.2. The molecule has 1 aliphatic heterocycles. The van der Waals surface area contributed by atoms with Crippen molar-refractivity contribution in [3.8, 4) is 11.5 Å². The molecule has 0 saturated carbocycles. The summed E-state index contributed by atoms with van der Waals surface area (Å²) < 4.78 is 5.94. The molecule has 0 aliphatic carbocycles. The number of nitrogens with zero attached hydrogens (tertiary/aromatic N) is 2. The standard InChI is InChI=1S/C29H34N6O3S/c1-29(2,30)21-13-16-35(17-14-21)28(37)33-25-19-24(12-15-31-25)38-23-10-8-22(9-11-23)32-27(39)34-26(36)18-20-6-4-3-5-7-20/h3-12,15,19,21H,13-14,16-18,30H2,1-2H3,(H,31,33,37)(H2,32,34,36,39). The minimum absolute atomic E-state index is 0.185. The lowest BCUT2D eigenvalue weighted by molar-refractivity contribution is -0.119. The summed E-state index contributed by atoms with van der Waals surface area (Å²) in [6.07, 6.45) is 3.59. The highest BCUT2D eigenvalue weighted by atomic mass is 32.1. The minimum Gasteiger partial charge on any atom is -0.457 e. The molecule has 9 nitrogen and oxygen atoms in total. The number of hydrogen-bond donors (Lipinski definition) is 4. The summed E-state index contributed by atoms with van der Waals surface area (Å²) in [5, 5.41) is 8.76. The third-order valence-electron chi connectivity index (χ3n) is 6.61. The predicted molar refractivity (Wildman–Crippen MR) is 157 cm³/mol. The zero-order valence-corrected chi connectivity index (χ0v) is 23.0. The molecule has 1 aromatic heterocycles. The van der Waals surface area contributed by atoms with E-state index in [1.807, 2.05) is 44.2 Å². The van der Waals surface area contributed by atoms with Crippen LogP contribution in [0.1, 0.15) is 32.3 Å². The van der Waals surface area contributed by atoms with Crippen molar-refractivity contribution in [3.05, 3.63) is 78.5 Å². The van der Waals surface area contributed by atoms with Gasteiger partial charge in [-0.3, -0.25) is 10.1 Å². The Morgan fingerprint density at radius 2 is 1.72 bits per heavy atom. The molecule has 1 fully saturated rings. The maximum absolute atomic E-state index is 12.7. The monoisotopic (exact) mass is 546 g/mol. The Kier molecular flexibility index (Phi) is 9.11. The fourth-order valence-corrected chi connectivity index (χ4v) is 4.65. The molecule has 2 heterocycles. The molecule has 0 spiro atoms. The number of aromatic nitrogens is 1. The number of urea groups is 1. The first-order valence-electron chi connectivity index (χ1n) is 12.9. The Labute approximate surface area is 234 Å². The van der Waals surface area contributed by atoms with Gasteiger partial charge in [0, 0.05) is 36.6 Å². The number of amides is 3. The SMILES string of the molecule is CC(C)(N)C1CCN(C(=O)Nc2cc(Oc3ccc(NC(=S)NC(=O)Cc4ccccc4)cc3)ccn2)CC1. The molecular formula is C29H34N6O3S. The van der Waals surface area contributed by atoms with Crippen molar-refractivity contribution in [1.29, 1.82) is 0 Å². The molecule has 1 saturated heterocycles. The summed E-state index contributed by atoms with van der Waals surface area (Å²) >= 11 is 5.26. The quantitative estimate of drug-likeness (QED) is 0.311. The molecule has 0 radical (unpaired) electrons. The summed E-state index contributed by atoms with van der Waals surface area (Å²) in [5.74, 6) is 1.74. The number of carbonyl (C=O) groups excluding carboxylic acids is 2. The molecule has 204 valence electrons. The van der Waals surface area contributed by atoms with Crippen LogP contribution in [-0.4, -0.2) is 45.6 Å². The average Bonchev–Trinajstić information content (AvgIpc) is 2.90. The van der Waals surface area contributed by atoms with Gasteiger partial charge in [-0.1, -0.05) is 30.3 Å². The number of benzene rings is 2. The van der Waals surface area contributed by atoms with Gasteiger partial charge >= 0.3 is 6.03 Å². The first-order valence-corrected chi connectivity index (χ1v) is 13.3. The van der Waals surface area contributed by atoms with Crippen LogP contribution >= 0.6 is 12.2 Å². The van der Waals surface area contributed by atoms with Crippen LogP contribution in [0.2, 0.25) is 0 Å². The molecule has 0 unspecified atom stereocenters. The fourth-order valence-electron chi connectivity index (χ4n) is 4.42. The van der Waals surface area contributed by atoms with Gasteiger partial charge in [0.1, 0.15) is 17.3 Å². The number of pyridine rings is 1. The predicted octanol–water partition coefficient (Wildman–Crippen LogP) is 4.91. The van der Waals surface area contributed by atoms with Gasteiger partial charge < -0.3 is 26.0 Å². The highest BCUT2D eigenvalue weighted by Crippen LogP contribution is 2.27.